The topological polar surface area (TPSA) is 50.4 Å². The van der Waals surface area contributed by atoms with Gasteiger partial charge in [-0.05, 0) is 61.6 Å². The Labute approximate surface area is 189 Å². The summed E-state index contributed by atoms with van der Waals surface area (Å²) < 4.78 is 5.74. The molecule has 2 N–H and O–H groups in total. The number of ether oxygens (including phenoxy) is 1. The van der Waals surface area contributed by atoms with Crippen LogP contribution in [0.2, 0.25) is 0 Å². The van der Waals surface area contributed by atoms with Gasteiger partial charge in [0.25, 0.3) is 0 Å². The quantitative estimate of drug-likeness (QED) is 0.511. The SMILES string of the molecule is CCOc1cccc([C@H]2Nc3ccccc3NC3=C2C(=O)C[C@@H](c2ccc(C)cc2)C3)c1. The lowest BCUT2D eigenvalue weighted by molar-refractivity contribution is -0.116. The van der Waals surface area contributed by atoms with E-state index in [1.54, 1.807) is 0 Å². The van der Waals surface area contributed by atoms with E-state index >= 15 is 0 Å². The van der Waals surface area contributed by atoms with Crippen LogP contribution < -0.4 is 15.4 Å². The number of nitrogens with one attached hydrogen (secondary N) is 2. The largest absolute Gasteiger partial charge is 0.494 e. The summed E-state index contributed by atoms with van der Waals surface area (Å²) in [6.45, 7) is 4.68. The molecule has 0 fully saturated rings. The zero-order valence-corrected chi connectivity index (χ0v) is 18.5. The van der Waals surface area contributed by atoms with Crippen LogP contribution in [0.15, 0.2) is 84.1 Å². The first-order chi connectivity index (χ1) is 15.6. The van der Waals surface area contributed by atoms with Gasteiger partial charge < -0.3 is 15.4 Å². The number of carbonyl (C=O) groups is 1. The number of hydrogen-bond acceptors (Lipinski definition) is 4. The third kappa shape index (κ3) is 3.89. The third-order valence-electron chi connectivity index (χ3n) is 6.36. The number of ketones is 1. The molecule has 0 spiro atoms. The highest BCUT2D eigenvalue weighted by Gasteiger charge is 2.36. The van der Waals surface area contributed by atoms with E-state index in [1.165, 1.54) is 11.1 Å². The van der Waals surface area contributed by atoms with Crippen LogP contribution >= 0.6 is 0 Å². The number of aryl methyl sites for hydroxylation is 1. The summed E-state index contributed by atoms with van der Waals surface area (Å²) in [6, 6.07) is 24.6. The fourth-order valence-corrected chi connectivity index (χ4v) is 4.77. The first kappa shape index (κ1) is 20.4. The molecule has 3 aromatic rings. The predicted octanol–water partition coefficient (Wildman–Crippen LogP) is 6.37. The minimum absolute atomic E-state index is 0.176. The molecule has 0 amide bonds. The molecule has 0 radical (unpaired) electrons. The van der Waals surface area contributed by atoms with Crippen molar-refractivity contribution in [1.29, 1.82) is 0 Å². The smallest absolute Gasteiger partial charge is 0.163 e. The van der Waals surface area contributed by atoms with Crippen molar-refractivity contribution in [2.24, 2.45) is 0 Å². The highest BCUT2D eigenvalue weighted by Crippen LogP contribution is 2.44. The molecular weight excluding hydrogens is 396 g/mol. The number of allylic oxidation sites excluding steroid dienone is 1. The number of fused-ring (bicyclic) bond motifs is 1. The zero-order valence-electron chi connectivity index (χ0n) is 18.5. The summed E-state index contributed by atoms with van der Waals surface area (Å²) in [4.78, 5) is 13.6. The van der Waals surface area contributed by atoms with Crippen molar-refractivity contribution in [2.75, 3.05) is 17.2 Å². The Morgan fingerprint density at radius 3 is 2.47 bits per heavy atom. The zero-order chi connectivity index (χ0) is 22.1. The van der Waals surface area contributed by atoms with Gasteiger partial charge in [-0.15, -0.1) is 0 Å². The summed E-state index contributed by atoms with van der Waals surface area (Å²) in [5, 5.41) is 7.25. The number of para-hydroxylation sites is 2. The van der Waals surface area contributed by atoms with Crippen molar-refractivity contribution in [3.05, 3.63) is 101 Å². The highest BCUT2D eigenvalue weighted by atomic mass is 16.5. The van der Waals surface area contributed by atoms with Crippen LogP contribution in [0.3, 0.4) is 0 Å². The molecule has 0 aromatic heterocycles. The molecule has 0 unspecified atom stereocenters. The van der Waals surface area contributed by atoms with Crippen LogP contribution in [0.4, 0.5) is 11.4 Å². The maximum atomic E-state index is 13.6. The van der Waals surface area contributed by atoms with Crippen molar-refractivity contribution in [1.82, 2.24) is 0 Å². The predicted molar refractivity (Wildman–Crippen MR) is 129 cm³/mol. The first-order valence-corrected chi connectivity index (χ1v) is 11.3. The molecule has 2 atom stereocenters. The lowest BCUT2D eigenvalue weighted by Crippen LogP contribution is -2.26. The molecule has 2 aliphatic rings. The summed E-state index contributed by atoms with van der Waals surface area (Å²) in [6.07, 6.45) is 1.32. The number of Topliss-reactive ketones (excluding diaryl/α,β-unsaturated/α-hetero) is 1. The number of hydrogen-bond donors (Lipinski definition) is 2. The summed E-state index contributed by atoms with van der Waals surface area (Å²) in [5.74, 6) is 1.19. The van der Waals surface area contributed by atoms with Crippen LogP contribution in [0, 0.1) is 6.92 Å². The Balaban J connectivity index is 1.59. The van der Waals surface area contributed by atoms with Gasteiger partial charge >= 0.3 is 0 Å². The molecular formula is C28H28N2O2. The van der Waals surface area contributed by atoms with Gasteiger partial charge in [-0.1, -0.05) is 54.1 Å². The number of carbonyl (C=O) groups excluding carboxylic acids is 1. The van der Waals surface area contributed by atoms with Gasteiger partial charge in [0, 0.05) is 17.7 Å². The van der Waals surface area contributed by atoms with Crippen molar-refractivity contribution >= 4 is 17.2 Å². The number of anilines is 2. The summed E-state index contributed by atoms with van der Waals surface area (Å²) >= 11 is 0. The van der Waals surface area contributed by atoms with Gasteiger partial charge in [-0.25, -0.2) is 0 Å². The maximum absolute atomic E-state index is 13.6. The Kier molecular flexibility index (Phi) is 5.44. The lowest BCUT2D eigenvalue weighted by atomic mass is 9.78. The van der Waals surface area contributed by atoms with E-state index < -0.39 is 0 Å². The van der Waals surface area contributed by atoms with Crippen LogP contribution in [-0.4, -0.2) is 12.4 Å². The van der Waals surface area contributed by atoms with E-state index in [0.29, 0.717) is 13.0 Å². The summed E-state index contributed by atoms with van der Waals surface area (Å²) in [5.41, 5.74) is 7.32. The maximum Gasteiger partial charge on any atom is 0.163 e. The van der Waals surface area contributed by atoms with E-state index in [1.807, 2.05) is 37.3 Å². The Morgan fingerprint density at radius 1 is 0.906 bits per heavy atom. The average Bonchev–Trinajstić information content (AvgIpc) is 2.97. The van der Waals surface area contributed by atoms with E-state index in [9.17, 15) is 4.79 Å². The van der Waals surface area contributed by atoms with E-state index in [2.05, 4.69) is 60.0 Å². The molecule has 0 saturated carbocycles. The van der Waals surface area contributed by atoms with Gasteiger partial charge in [-0.2, -0.15) is 0 Å². The summed E-state index contributed by atoms with van der Waals surface area (Å²) in [7, 11) is 0. The fourth-order valence-electron chi connectivity index (χ4n) is 4.77. The van der Waals surface area contributed by atoms with Crippen LogP contribution in [0.25, 0.3) is 0 Å². The number of rotatable bonds is 4. The van der Waals surface area contributed by atoms with Crippen molar-refractivity contribution in [3.8, 4) is 5.75 Å². The molecule has 1 aliphatic carbocycles. The minimum Gasteiger partial charge on any atom is -0.494 e. The Bertz CT molecular complexity index is 1180. The monoisotopic (exact) mass is 424 g/mol. The highest BCUT2D eigenvalue weighted by molar-refractivity contribution is 6.01. The first-order valence-electron chi connectivity index (χ1n) is 11.3. The fraction of sp³-hybridized carbons (Fsp3) is 0.250. The second-order valence-electron chi connectivity index (χ2n) is 8.58. The Hall–Kier alpha value is -3.53. The molecule has 1 heterocycles. The van der Waals surface area contributed by atoms with Gasteiger partial charge in [0.2, 0.25) is 0 Å². The molecule has 3 aromatic carbocycles. The molecule has 5 rings (SSSR count). The standard InChI is InChI=1S/C28H28N2O2/c1-3-32-22-8-6-7-20(15-22)28-27-25(29-23-9-4-5-10-24(23)30-28)16-21(17-26(27)31)19-13-11-18(2)12-14-19/h4-15,21,28-30H,3,16-17H2,1-2H3/t21-,28+/m0/s1. The molecule has 4 heteroatoms. The van der Waals surface area contributed by atoms with Gasteiger partial charge in [0.1, 0.15) is 5.75 Å². The lowest BCUT2D eigenvalue weighted by Gasteiger charge is -2.30. The van der Waals surface area contributed by atoms with E-state index in [0.717, 1.165) is 40.4 Å². The average molecular weight is 425 g/mol. The number of benzene rings is 3. The van der Waals surface area contributed by atoms with Crippen LogP contribution in [-0.2, 0) is 4.79 Å². The van der Waals surface area contributed by atoms with Crippen molar-refractivity contribution < 1.29 is 9.53 Å². The van der Waals surface area contributed by atoms with Crippen molar-refractivity contribution in [3.63, 3.8) is 0 Å². The second-order valence-corrected chi connectivity index (χ2v) is 8.58. The molecule has 0 saturated heterocycles. The third-order valence-corrected chi connectivity index (χ3v) is 6.36. The van der Waals surface area contributed by atoms with E-state index in [4.69, 9.17) is 4.74 Å². The Morgan fingerprint density at radius 2 is 1.69 bits per heavy atom. The van der Waals surface area contributed by atoms with E-state index in [-0.39, 0.29) is 17.7 Å². The van der Waals surface area contributed by atoms with Crippen molar-refractivity contribution in [2.45, 2.75) is 38.6 Å². The minimum atomic E-state index is -0.229. The molecule has 162 valence electrons. The van der Waals surface area contributed by atoms with Gasteiger partial charge in [0.15, 0.2) is 5.78 Å². The van der Waals surface area contributed by atoms with Crippen LogP contribution in [0.1, 0.15) is 48.4 Å². The molecule has 4 nitrogen and oxygen atoms in total. The second kappa shape index (κ2) is 8.54. The molecule has 32 heavy (non-hydrogen) atoms. The van der Waals surface area contributed by atoms with Crippen LogP contribution in [0.5, 0.6) is 5.75 Å². The molecule has 1 aliphatic heterocycles. The molecule has 0 bridgehead atoms. The van der Waals surface area contributed by atoms with Gasteiger partial charge in [0.05, 0.1) is 24.0 Å². The van der Waals surface area contributed by atoms with Gasteiger partial charge in [-0.3, -0.25) is 4.79 Å². The normalized spacial score (nSPS) is 19.9.